The van der Waals surface area contributed by atoms with Crippen molar-refractivity contribution < 1.29 is 14.3 Å². The molecule has 0 spiro atoms. The summed E-state index contributed by atoms with van der Waals surface area (Å²) in [4.78, 5) is 28.9. The molecule has 5 nitrogen and oxygen atoms in total. The van der Waals surface area contributed by atoms with Crippen LogP contribution in [0.1, 0.15) is 46.5 Å². The lowest BCUT2D eigenvalue weighted by atomic mass is 9.97. The minimum absolute atomic E-state index is 0.181. The second-order valence-corrected chi connectivity index (χ2v) is 8.49. The van der Waals surface area contributed by atoms with E-state index in [0.29, 0.717) is 13.1 Å². The number of hydrogen-bond donors (Lipinski definition) is 0. The van der Waals surface area contributed by atoms with Crippen LogP contribution in [0.5, 0.6) is 0 Å². The Labute approximate surface area is 156 Å². The number of carbonyl (C=O) groups excluding carboxylic acids is 2. The number of nitrogens with zero attached hydrogens (tertiary/aromatic N) is 2. The zero-order valence-electron chi connectivity index (χ0n) is 16.1. The van der Waals surface area contributed by atoms with Crippen molar-refractivity contribution in [2.75, 3.05) is 24.5 Å². The van der Waals surface area contributed by atoms with Gasteiger partial charge in [-0.15, -0.1) is 0 Å². The fourth-order valence-electron chi connectivity index (χ4n) is 3.45. The van der Waals surface area contributed by atoms with E-state index >= 15 is 0 Å². The highest BCUT2D eigenvalue weighted by molar-refractivity contribution is 5.96. The third kappa shape index (κ3) is 4.99. The molecule has 1 saturated heterocycles. The number of amides is 2. The van der Waals surface area contributed by atoms with Crippen molar-refractivity contribution in [2.45, 2.75) is 52.1 Å². The number of benzene rings is 1. The van der Waals surface area contributed by atoms with E-state index in [0.717, 1.165) is 37.9 Å². The van der Waals surface area contributed by atoms with Crippen LogP contribution in [0, 0.1) is 11.8 Å². The van der Waals surface area contributed by atoms with Crippen molar-refractivity contribution in [3.8, 4) is 0 Å². The molecule has 1 aromatic rings. The molecule has 5 heteroatoms. The van der Waals surface area contributed by atoms with Crippen LogP contribution < -0.4 is 4.90 Å². The minimum Gasteiger partial charge on any atom is -0.444 e. The number of anilines is 1. The molecule has 0 bridgehead atoms. The van der Waals surface area contributed by atoms with E-state index in [1.807, 2.05) is 56.0 Å². The van der Waals surface area contributed by atoms with E-state index < -0.39 is 5.60 Å². The maximum atomic E-state index is 12.8. The second kappa shape index (κ2) is 7.68. The summed E-state index contributed by atoms with van der Waals surface area (Å²) in [6.45, 7) is 7.70. The molecule has 2 amide bonds. The van der Waals surface area contributed by atoms with Crippen molar-refractivity contribution in [1.29, 1.82) is 0 Å². The van der Waals surface area contributed by atoms with Crippen molar-refractivity contribution in [2.24, 2.45) is 11.8 Å². The molecular weight excluding hydrogens is 328 g/mol. The van der Waals surface area contributed by atoms with Gasteiger partial charge >= 0.3 is 6.09 Å². The molecule has 1 aromatic carbocycles. The summed E-state index contributed by atoms with van der Waals surface area (Å²) >= 11 is 0. The number of piperidine rings is 1. The van der Waals surface area contributed by atoms with Crippen LogP contribution in [0.25, 0.3) is 0 Å². The molecule has 0 radical (unpaired) electrons. The van der Waals surface area contributed by atoms with Gasteiger partial charge in [0.05, 0.1) is 0 Å². The largest absolute Gasteiger partial charge is 0.444 e. The zero-order chi connectivity index (χ0) is 18.7. The van der Waals surface area contributed by atoms with Crippen molar-refractivity contribution >= 4 is 17.7 Å². The topological polar surface area (TPSA) is 49.9 Å². The highest BCUT2D eigenvalue weighted by atomic mass is 16.6. The summed E-state index contributed by atoms with van der Waals surface area (Å²) in [5.41, 5.74) is 0.473. The fourth-order valence-corrected chi connectivity index (χ4v) is 3.45. The number of rotatable bonds is 4. The predicted octanol–water partition coefficient (Wildman–Crippen LogP) is 4.08. The lowest BCUT2D eigenvalue weighted by Crippen LogP contribution is -2.46. The maximum Gasteiger partial charge on any atom is 0.410 e. The molecule has 26 heavy (non-hydrogen) atoms. The molecule has 1 aliphatic carbocycles. The molecule has 1 saturated carbocycles. The average Bonchev–Trinajstić information content (AvgIpc) is 3.44. The van der Waals surface area contributed by atoms with Crippen LogP contribution in [-0.2, 0) is 9.53 Å². The van der Waals surface area contributed by atoms with E-state index in [1.165, 1.54) is 0 Å². The quantitative estimate of drug-likeness (QED) is 0.815. The molecule has 3 rings (SSSR count). The minimum atomic E-state index is -0.484. The van der Waals surface area contributed by atoms with Gasteiger partial charge in [0.15, 0.2) is 0 Å². The first kappa shape index (κ1) is 18.7. The molecule has 0 N–H and O–H groups in total. The molecule has 1 atom stereocenters. The van der Waals surface area contributed by atoms with Crippen LogP contribution in [0.4, 0.5) is 10.5 Å². The predicted molar refractivity (Wildman–Crippen MR) is 102 cm³/mol. The van der Waals surface area contributed by atoms with Gasteiger partial charge in [-0.05, 0) is 64.5 Å². The third-order valence-electron chi connectivity index (χ3n) is 4.87. The number of para-hydroxylation sites is 1. The van der Waals surface area contributed by atoms with Crippen LogP contribution in [0.2, 0.25) is 0 Å². The van der Waals surface area contributed by atoms with Crippen LogP contribution >= 0.6 is 0 Å². The van der Waals surface area contributed by atoms with Gasteiger partial charge in [-0.2, -0.15) is 0 Å². The Kier molecular flexibility index (Phi) is 5.54. The smallest absolute Gasteiger partial charge is 0.410 e. The maximum absolute atomic E-state index is 12.8. The molecule has 2 fully saturated rings. The number of carbonyl (C=O) groups is 2. The summed E-state index contributed by atoms with van der Waals surface area (Å²) in [5.74, 6) is 0.686. The molecule has 1 heterocycles. The standard InChI is InChI=1S/C21H30N2O3/c1-21(2,3)26-20(25)22-13-7-8-16(14-22)15-23(19(24)17-11-12-17)18-9-5-4-6-10-18/h4-6,9-10,16-17H,7-8,11-15H2,1-3H3. The highest BCUT2D eigenvalue weighted by Crippen LogP contribution is 2.33. The molecule has 0 aromatic heterocycles. The Morgan fingerprint density at radius 3 is 2.46 bits per heavy atom. The lowest BCUT2D eigenvalue weighted by Gasteiger charge is -2.36. The van der Waals surface area contributed by atoms with Gasteiger partial charge in [-0.1, -0.05) is 18.2 Å². The van der Waals surface area contributed by atoms with Gasteiger partial charge in [0.1, 0.15) is 5.60 Å². The first-order chi connectivity index (χ1) is 12.3. The van der Waals surface area contributed by atoms with Gasteiger partial charge in [0.25, 0.3) is 0 Å². The Hall–Kier alpha value is -2.04. The first-order valence-electron chi connectivity index (χ1n) is 9.68. The number of ether oxygens (including phenoxy) is 1. The van der Waals surface area contributed by atoms with Crippen LogP contribution in [-0.4, -0.2) is 42.1 Å². The van der Waals surface area contributed by atoms with Crippen LogP contribution in [0.3, 0.4) is 0 Å². The van der Waals surface area contributed by atoms with Gasteiger partial charge in [-0.3, -0.25) is 4.79 Å². The summed E-state index contributed by atoms with van der Waals surface area (Å²) < 4.78 is 5.52. The Morgan fingerprint density at radius 2 is 1.85 bits per heavy atom. The zero-order valence-corrected chi connectivity index (χ0v) is 16.1. The van der Waals surface area contributed by atoms with Crippen molar-refractivity contribution in [3.63, 3.8) is 0 Å². The monoisotopic (exact) mass is 358 g/mol. The van der Waals surface area contributed by atoms with Crippen molar-refractivity contribution in [3.05, 3.63) is 30.3 Å². The van der Waals surface area contributed by atoms with Gasteiger partial charge < -0.3 is 14.5 Å². The van der Waals surface area contributed by atoms with E-state index in [4.69, 9.17) is 4.74 Å². The number of hydrogen-bond acceptors (Lipinski definition) is 3. The summed E-state index contributed by atoms with van der Waals surface area (Å²) in [6, 6.07) is 9.89. The molecule has 1 aliphatic heterocycles. The Morgan fingerprint density at radius 1 is 1.15 bits per heavy atom. The molecule has 142 valence electrons. The third-order valence-corrected chi connectivity index (χ3v) is 4.87. The summed E-state index contributed by atoms with van der Waals surface area (Å²) in [7, 11) is 0. The number of likely N-dealkylation sites (tertiary alicyclic amines) is 1. The van der Waals surface area contributed by atoms with E-state index in [9.17, 15) is 9.59 Å². The van der Waals surface area contributed by atoms with Crippen molar-refractivity contribution in [1.82, 2.24) is 4.90 Å². The Balaban J connectivity index is 1.66. The van der Waals surface area contributed by atoms with Gasteiger partial charge in [0, 0.05) is 31.2 Å². The van der Waals surface area contributed by atoms with E-state index in [2.05, 4.69) is 0 Å². The first-order valence-corrected chi connectivity index (χ1v) is 9.68. The van der Waals surface area contributed by atoms with E-state index in [1.54, 1.807) is 4.90 Å². The normalized spacial score (nSPS) is 20.6. The molecular formula is C21H30N2O3. The average molecular weight is 358 g/mol. The lowest BCUT2D eigenvalue weighted by molar-refractivity contribution is -0.120. The van der Waals surface area contributed by atoms with Gasteiger partial charge in [0.2, 0.25) is 5.91 Å². The second-order valence-electron chi connectivity index (χ2n) is 8.49. The summed E-state index contributed by atoms with van der Waals surface area (Å²) in [6.07, 6.45) is 3.72. The molecule has 2 aliphatic rings. The SMILES string of the molecule is CC(C)(C)OC(=O)N1CCCC(CN(C(=O)C2CC2)c2ccccc2)C1. The highest BCUT2D eigenvalue weighted by Gasteiger charge is 2.36. The van der Waals surface area contributed by atoms with E-state index in [-0.39, 0.29) is 23.8 Å². The van der Waals surface area contributed by atoms with Gasteiger partial charge in [-0.25, -0.2) is 4.79 Å². The molecule has 1 unspecified atom stereocenters. The fraction of sp³-hybridized carbons (Fsp3) is 0.619. The summed E-state index contributed by atoms with van der Waals surface area (Å²) in [5, 5.41) is 0. The Bertz CT molecular complexity index is 634. The van der Waals surface area contributed by atoms with Crippen LogP contribution in [0.15, 0.2) is 30.3 Å².